The number of benzene rings is 2. The Kier molecular flexibility index (Phi) is 5.00. The number of nitrogens with zero attached hydrogens (tertiary/aromatic N) is 1. The molecule has 1 N–H and O–H groups in total. The van der Waals surface area contributed by atoms with Crippen LogP contribution in [-0.2, 0) is 9.53 Å². The zero-order valence-electron chi connectivity index (χ0n) is 12.5. The smallest absolute Gasteiger partial charge is 0.338 e. The fraction of sp³-hybridized carbons (Fsp3) is 0.0625. The minimum atomic E-state index is -1.02. The Morgan fingerprint density at radius 1 is 1.04 bits per heavy atom. The second-order valence-corrected chi connectivity index (χ2v) is 4.63. The number of nitro groups is 1. The predicted octanol–water partition coefficient (Wildman–Crippen LogP) is 2.20. The van der Waals surface area contributed by atoms with E-state index in [9.17, 15) is 24.5 Å². The molecular formula is C16H12N2O6. The standard InChI is InChI=1S/C16H12N2O6/c1-24-16(21)11-7-8-12(13(9-11)18(22)23)17-15(20)14(19)10-5-3-2-4-6-10/h2-9H,1H3,(H,17,20). The molecule has 24 heavy (non-hydrogen) atoms. The van der Waals surface area contributed by atoms with Gasteiger partial charge >= 0.3 is 5.97 Å². The number of rotatable bonds is 5. The summed E-state index contributed by atoms with van der Waals surface area (Å²) in [5.41, 5.74) is -0.602. The summed E-state index contributed by atoms with van der Waals surface area (Å²) in [4.78, 5) is 45.8. The molecule has 0 unspecified atom stereocenters. The molecule has 0 aliphatic rings. The number of nitro benzene ring substituents is 1. The Balaban J connectivity index is 2.29. The Hall–Kier alpha value is -3.55. The molecular weight excluding hydrogens is 316 g/mol. The Labute approximate surface area is 136 Å². The lowest BCUT2D eigenvalue weighted by molar-refractivity contribution is -0.384. The van der Waals surface area contributed by atoms with Crippen molar-refractivity contribution < 1.29 is 24.0 Å². The monoisotopic (exact) mass is 328 g/mol. The lowest BCUT2D eigenvalue weighted by Gasteiger charge is -2.07. The van der Waals surface area contributed by atoms with Crippen molar-refractivity contribution in [3.05, 3.63) is 69.8 Å². The van der Waals surface area contributed by atoms with Gasteiger partial charge in [0.05, 0.1) is 17.6 Å². The van der Waals surface area contributed by atoms with Crippen LogP contribution in [0.3, 0.4) is 0 Å². The van der Waals surface area contributed by atoms with Gasteiger partial charge in [0, 0.05) is 11.6 Å². The van der Waals surface area contributed by atoms with Crippen molar-refractivity contribution in [3.63, 3.8) is 0 Å². The van der Waals surface area contributed by atoms with Gasteiger partial charge in [-0.1, -0.05) is 30.3 Å². The van der Waals surface area contributed by atoms with Crippen LogP contribution < -0.4 is 5.32 Å². The molecule has 0 spiro atoms. The first kappa shape index (κ1) is 16.8. The van der Waals surface area contributed by atoms with Crippen LogP contribution in [0.4, 0.5) is 11.4 Å². The first-order chi connectivity index (χ1) is 11.4. The molecule has 0 aliphatic heterocycles. The Morgan fingerprint density at radius 2 is 1.71 bits per heavy atom. The second kappa shape index (κ2) is 7.14. The second-order valence-electron chi connectivity index (χ2n) is 4.63. The molecule has 122 valence electrons. The molecule has 0 bridgehead atoms. The predicted molar refractivity (Wildman–Crippen MR) is 83.8 cm³/mol. The highest BCUT2D eigenvalue weighted by molar-refractivity contribution is 6.46. The number of nitrogens with one attached hydrogen (secondary N) is 1. The molecule has 0 aliphatic carbocycles. The number of carbonyl (C=O) groups is 3. The van der Waals surface area contributed by atoms with Crippen molar-refractivity contribution in [3.8, 4) is 0 Å². The molecule has 8 heteroatoms. The van der Waals surface area contributed by atoms with Crippen LogP contribution in [0.25, 0.3) is 0 Å². The van der Waals surface area contributed by atoms with Gasteiger partial charge in [0.15, 0.2) is 0 Å². The summed E-state index contributed by atoms with van der Waals surface area (Å²) in [6.07, 6.45) is 0. The third-order valence-corrected chi connectivity index (χ3v) is 3.11. The lowest BCUT2D eigenvalue weighted by atomic mass is 10.1. The SMILES string of the molecule is COC(=O)c1ccc(NC(=O)C(=O)c2ccccc2)c([N+](=O)[O-])c1. The fourth-order valence-electron chi connectivity index (χ4n) is 1.93. The number of esters is 1. The number of hydrogen-bond donors (Lipinski definition) is 1. The number of carbonyl (C=O) groups excluding carboxylic acids is 3. The molecule has 0 saturated heterocycles. The maximum Gasteiger partial charge on any atom is 0.338 e. The van der Waals surface area contributed by atoms with Gasteiger partial charge < -0.3 is 10.1 Å². The van der Waals surface area contributed by atoms with Gasteiger partial charge in [-0.15, -0.1) is 0 Å². The molecule has 0 heterocycles. The third-order valence-electron chi connectivity index (χ3n) is 3.11. The van der Waals surface area contributed by atoms with Crippen molar-refractivity contribution in [1.29, 1.82) is 0 Å². The zero-order valence-corrected chi connectivity index (χ0v) is 12.5. The van der Waals surface area contributed by atoms with Crippen LogP contribution in [-0.4, -0.2) is 29.7 Å². The van der Waals surface area contributed by atoms with E-state index >= 15 is 0 Å². The third kappa shape index (κ3) is 3.61. The van der Waals surface area contributed by atoms with Crippen molar-refractivity contribution in [2.24, 2.45) is 0 Å². The van der Waals surface area contributed by atoms with Gasteiger partial charge in [0.2, 0.25) is 0 Å². The molecule has 0 atom stereocenters. The summed E-state index contributed by atoms with van der Waals surface area (Å²) in [6, 6.07) is 11.2. The number of methoxy groups -OCH3 is 1. The van der Waals surface area contributed by atoms with Gasteiger partial charge in [-0.2, -0.15) is 0 Å². The van der Waals surface area contributed by atoms with Crippen LogP contribution in [0.1, 0.15) is 20.7 Å². The topological polar surface area (TPSA) is 116 Å². The molecule has 1 amide bonds. The molecule has 0 radical (unpaired) electrons. The molecule has 2 rings (SSSR count). The molecule has 0 aromatic heterocycles. The summed E-state index contributed by atoms with van der Waals surface area (Å²) in [7, 11) is 1.14. The van der Waals surface area contributed by atoms with Crippen LogP contribution >= 0.6 is 0 Å². The number of anilines is 1. The molecule has 2 aromatic carbocycles. The number of ketones is 1. The molecule has 0 saturated carbocycles. The van der Waals surface area contributed by atoms with E-state index in [0.29, 0.717) is 0 Å². The van der Waals surface area contributed by atoms with Gasteiger partial charge in [-0.25, -0.2) is 4.79 Å². The van der Waals surface area contributed by atoms with E-state index in [1.54, 1.807) is 18.2 Å². The van der Waals surface area contributed by atoms with E-state index in [4.69, 9.17) is 0 Å². The number of hydrogen-bond acceptors (Lipinski definition) is 6. The van der Waals surface area contributed by atoms with Gasteiger partial charge in [0.25, 0.3) is 17.4 Å². The summed E-state index contributed by atoms with van der Waals surface area (Å²) < 4.78 is 4.49. The number of amides is 1. The van der Waals surface area contributed by atoms with Crippen LogP contribution in [0.15, 0.2) is 48.5 Å². The summed E-state index contributed by atoms with van der Waals surface area (Å²) in [5.74, 6) is -2.60. The first-order valence-electron chi connectivity index (χ1n) is 6.71. The minimum Gasteiger partial charge on any atom is -0.465 e. The van der Waals surface area contributed by atoms with Crippen molar-refractivity contribution in [1.82, 2.24) is 0 Å². The lowest BCUT2D eigenvalue weighted by Crippen LogP contribution is -2.23. The minimum absolute atomic E-state index is 0.0448. The molecule has 8 nitrogen and oxygen atoms in total. The zero-order chi connectivity index (χ0) is 17.7. The Morgan fingerprint density at radius 3 is 2.29 bits per heavy atom. The summed E-state index contributed by atoms with van der Waals surface area (Å²) in [5, 5.41) is 13.3. The number of Topliss-reactive ketones (excluding diaryl/α,β-unsaturated/α-hetero) is 1. The normalized spacial score (nSPS) is 9.88. The van der Waals surface area contributed by atoms with E-state index in [1.807, 2.05) is 0 Å². The average molecular weight is 328 g/mol. The fourth-order valence-corrected chi connectivity index (χ4v) is 1.93. The van der Waals surface area contributed by atoms with E-state index in [1.165, 1.54) is 24.3 Å². The van der Waals surface area contributed by atoms with Crippen molar-refractivity contribution in [2.45, 2.75) is 0 Å². The van der Waals surface area contributed by atoms with E-state index in [-0.39, 0.29) is 16.8 Å². The highest BCUT2D eigenvalue weighted by Crippen LogP contribution is 2.26. The average Bonchev–Trinajstić information content (AvgIpc) is 2.61. The summed E-state index contributed by atoms with van der Waals surface area (Å²) in [6.45, 7) is 0. The van der Waals surface area contributed by atoms with Gasteiger partial charge in [0.1, 0.15) is 5.69 Å². The first-order valence-corrected chi connectivity index (χ1v) is 6.71. The highest BCUT2D eigenvalue weighted by Gasteiger charge is 2.22. The van der Waals surface area contributed by atoms with Crippen LogP contribution in [0.2, 0.25) is 0 Å². The van der Waals surface area contributed by atoms with Crippen LogP contribution in [0.5, 0.6) is 0 Å². The van der Waals surface area contributed by atoms with E-state index in [0.717, 1.165) is 13.2 Å². The Bertz CT molecular complexity index is 817. The van der Waals surface area contributed by atoms with Crippen LogP contribution in [0, 0.1) is 10.1 Å². The van der Waals surface area contributed by atoms with E-state index in [2.05, 4.69) is 10.1 Å². The van der Waals surface area contributed by atoms with Gasteiger partial charge in [-0.05, 0) is 12.1 Å². The van der Waals surface area contributed by atoms with Gasteiger partial charge in [-0.3, -0.25) is 19.7 Å². The maximum absolute atomic E-state index is 12.0. The quantitative estimate of drug-likeness (QED) is 0.296. The van der Waals surface area contributed by atoms with E-state index < -0.39 is 28.3 Å². The molecule has 0 fully saturated rings. The highest BCUT2D eigenvalue weighted by atomic mass is 16.6. The van der Waals surface area contributed by atoms with Crippen molar-refractivity contribution in [2.75, 3.05) is 12.4 Å². The molecule has 2 aromatic rings. The largest absolute Gasteiger partial charge is 0.465 e. The summed E-state index contributed by atoms with van der Waals surface area (Å²) >= 11 is 0. The van der Waals surface area contributed by atoms with Crippen molar-refractivity contribution >= 4 is 29.0 Å². The number of ether oxygens (including phenoxy) is 1. The maximum atomic E-state index is 12.0.